The summed E-state index contributed by atoms with van der Waals surface area (Å²) in [6.07, 6.45) is 4.65. The van der Waals surface area contributed by atoms with Gasteiger partial charge in [-0.05, 0) is 25.5 Å². The number of nitrogens with two attached hydrogens (primary N) is 1. The van der Waals surface area contributed by atoms with Crippen molar-refractivity contribution in [3.05, 3.63) is 0 Å². The van der Waals surface area contributed by atoms with Crippen molar-refractivity contribution < 1.29 is 5.11 Å². The number of aliphatic hydroxyl groups is 1. The second-order valence-corrected chi connectivity index (χ2v) is 7.24. The Morgan fingerprint density at radius 3 is 2.65 bits per heavy atom. The first-order valence-electron chi connectivity index (χ1n) is 5.53. The Kier molecular flexibility index (Phi) is 6.79. The lowest BCUT2D eigenvalue weighted by molar-refractivity contribution is 0.182. The molecule has 1 rings (SSSR count). The summed E-state index contributed by atoms with van der Waals surface area (Å²) in [6.45, 7) is 2.07. The van der Waals surface area contributed by atoms with Crippen molar-refractivity contribution in [1.82, 2.24) is 10.2 Å². The van der Waals surface area contributed by atoms with Gasteiger partial charge >= 0.3 is 0 Å². The average Bonchev–Trinajstić information content (AvgIpc) is 2.82. The highest BCUT2D eigenvalue weighted by molar-refractivity contribution is 8.02. The van der Waals surface area contributed by atoms with Crippen LogP contribution in [0.4, 0.5) is 0 Å². The summed E-state index contributed by atoms with van der Waals surface area (Å²) in [5, 5.41) is 17.3. The molecule has 17 heavy (non-hydrogen) atoms. The summed E-state index contributed by atoms with van der Waals surface area (Å²) < 4.78 is 2.02. The normalized spacial score (nSPS) is 14.8. The maximum Gasteiger partial charge on any atom is 0.175 e. The molecule has 4 nitrogen and oxygen atoms in total. The number of hydrogen-bond donors (Lipinski definition) is 2. The van der Waals surface area contributed by atoms with E-state index in [9.17, 15) is 5.11 Å². The molecule has 0 radical (unpaired) electrons. The van der Waals surface area contributed by atoms with Crippen molar-refractivity contribution in [2.75, 3.05) is 18.6 Å². The fourth-order valence-electron chi connectivity index (χ4n) is 1.29. The first-order valence-corrected chi connectivity index (χ1v) is 8.56. The van der Waals surface area contributed by atoms with Gasteiger partial charge in [-0.2, -0.15) is 0 Å². The van der Waals surface area contributed by atoms with Gasteiger partial charge in [-0.3, -0.25) is 0 Å². The Balaban J connectivity index is 2.24. The minimum Gasteiger partial charge on any atom is -0.394 e. The molecule has 0 aliphatic carbocycles. The lowest BCUT2D eigenvalue weighted by Gasteiger charge is -2.25. The van der Waals surface area contributed by atoms with Gasteiger partial charge < -0.3 is 10.8 Å². The van der Waals surface area contributed by atoms with Crippen molar-refractivity contribution in [3.63, 3.8) is 0 Å². The minimum absolute atomic E-state index is 0.0591. The zero-order valence-corrected chi connectivity index (χ0v) is 12.6. The summed E-state index contributed by atoms with van der Waals surface area (Å²) in [6, 6.07) is 0. The van der Waals surface area contributed by atoms with Crippen LogP contribution in [0.2, 0.25) is 0 Å². The van der Waals surface area contributed by atoms with Gasteiger partial charge in [0.05, 0.1) is 6.61 Å². The molecule has 0 amide bonds. The summed E-state index contributed by atoms with van der Waals surface area (Å²) in [5.74, 6) is 0.974. The van der Waals surface area contributed by atoms with Crippen LogP contribution >= 0.6 is 34.9 Å². The Bertz CT molecular complexity index is 328. The highest BCUT2D eigenvalue weighted by Gasteiger charge is 2.20. The first kappa shape index (κ1) is 15.2. The predicted octanol–water partition coefficient (Wildman–Crippen LogP) is 2.23. The van der Waals surface area contributed by atoms with E-state index in [2.05, 4.69) is 10.2 Å². The molecule has 1 aromatic rings. The van der Waals surface area contributed by atoms with E-state index in [0.29, 0.717) is 0 Å². The van der Waals surface area contributed by atoms with Crippen LogP contribution < -0.4 is 5.73 Å². The zero-order chi connectivity index (χ0) is 12.7. The molecule has 0 saturated carbocycles. The standard InChI is InChI=1S/C10H19N3OS3/c1-3-10(11,7-14)5-4-6-16-9-13-12-8(15-2)17-9/h14H,3-7,11H2,1-2H3. The third kappa shape index (κ3) is 5.13. The van der Waals surface area contributed by atoms with Crippen LogP contribution in [0.3, 0.4) is 0 Å². The van der Waals surface area contributed by atoms with E-state index in [1.54, 1.807) is 34.9 Å². The topological polar surface area (TPSA) is 72.0 Å². The summed E-state index contributed by atoms with van der Waals surface area (Å²) >= 11 is 4.96. The molecule has 0 bridgehead atoms. The fraction of sp³-hybridized carbons (Fsp3) is 0.800. The van der Waals surface area contributed by atoms with Gasteiger partial charge in [0.2, 0.25) is 0 Å². The molecule has 0 aliphatic heterocycles. The van der Waals surface area contributed by atoms with Crippen LogP contribution in [-0.2, 0) is 0 Å². The smallest absolute Gasteiger partial charge is 0.175 e. The summed E-state index contributed by atoms with van der Waals surface area (Å²) in [7, 11) is 0. The number of nitrogens with zero attached hydrogens (tertiary/aromatic N) is 2. The molecule has 1 atom stereocenters. The Labute approximate surface area is 115 Å². The van der Waals surface area contributed by atoms with Crippen LogP contribution in [0.5, 0.6) is 0 Å². The number of aromatic nitrogens is 2. The quantitative estimate of drug-likeness (QED) is 0.566. The van der Waals surface area contributed by atoms with Gasteiger partial charge in [-0.25, -0.2) is 0 Å². The molecule has 7 heteroatoms. The first-order chi connectivity index (χ1) is 8.13. The number of hydrogen-bond acceptors (Lipinski definition) is 7. The van der Waals surface area contributed by atoms with Gasteiger partial charge in [0.25, 0.3) is 0 Å². The number of aliphatic hydroxyl groups excluding tert-OH is 1. The van der Waals surface area contributed by atoms with E-state index in [4.69, 9.17) is 5.73 Å². The second-order valence-electron chi connectivity index (χ2n) is 3.86. The van der Waals surface area contributed by atoms with Gasteiger partial charge in [-0.15, -0.1) is 10.2 Å². The third-order valence-electron chi connectivity index (χ3n) is 2.63. The van der Waals surface area contributed by atoms with Crippen molar-refractivity contribution in [3.8, 4) is 0 Å². The fourth-order valence-corrected chi connectivity index (χ4v) is 3.74. The molecule has 1 unspecified atom stereocenters. The van der Waals surface area contributed by atoms with Crippen LogP contribution in [-0.4, -0.2) is 39.5 Å². The molecular weight excluding hydrogens is 274 g/mol. The molecule has 0 fully saturated rings. The molecule has 0 saturated heterocycles. The molecular formula is C10H19N3OS3. The summed E-state index contributed by atoms with van der Waals surface area (Å²) in [5.41, 5.74) is 5.60. The molecule has 1 aromatic heterocycles. The largest absolute Gasteiger partial charge is 0.394 e. The van der Waals surface area contributed by atoms with Gasteiger partial charge in [0, 0.05) is 11.3 Å². The Morgan fingerprint density at radius 2 is 2.12 bits per heavy atom. The lowest BCUT2D eigenvalue weighted by Crippen LogP contribution is -2.42. The van der Waals surface area contributed by atoms with Crippen molar-refractivity contribution in [1.29, 1.82) is 0 Å². The van der Waals surface area contributed by atoms with E-state index < -0.39 is 5.54 Å². The molecule has 0 aliphatic rings. The maximum atomic E-state index is 9.18. The van der Waals surface area contributed by atoms with Gasteiger partial charge in [0.1, 0.15) is 0 Å². The third-order valence-corrected chi connectivity index (χ3v) is 5.74. The van der Waals surface area contributed by atoms with E-state index in [-0.39, 0.29) is 6.61 Å². The Hall–Kier alpha value is 0.180. The number of rotatable bonds is 8. The molecule has 0 aromatic carbocycles. The number of thioether (sulfide) groups is 2. The maximum absolute atomic E-state index is 9.18. The van der Waals surface area contributed by atoms with Gasteiger partial charge in [0.15, 0.2) is 8.68 Å². The zero-order valence-electron chi connectivity index (χ0n) is 10.2. The van der Waals surface area contributed by atoms with E-state index in [0.717, 1.165) is 33.7 Å². The molecule has 98 valence electrons. The SMILES string of the molecule is CCC(N)(CO)CCCSc1nnc(SC)s1. The highest BCUT2D eigenvalue weighted by Crippen LogP contribution is 2.28. The van der Waals surface area contributed by atoms with Crippen LogP contribution in [0.15, 0.2) is 8.68 Å². The second kappa shape index (κ2) is 7.58. The van der Waals surface area contributed by atoms with Crippen LogP contribution in [0.1, 0.15) is 26.2 Å². The predicted molar refractivity (Wildman–Crippen MR) is 75.9 cm³/mol. The highest BCUT2D eigenvalue weighted by atomic mass is 32.2. The molecule has 3 N–H and O–H groups in total. The lowest BCUT2D eigenvalue weighted by atomic mass is 9.93. The average molecular weight is 293 g/mol. The minimum atomic E-state index is -0.411. The van der Waals surface area contributed by atoms with Crippen molar-refractivity contribution in [2.24, 2.45) is 5.73 Å². The summed E-state index contributed by atoms with van der Waals surface area (Å²) in [4.78, 5) is 0. The monoisotopic (exact) mass is 293 g/mol. The van der Waals surface area contributed by atoms with Gasteiger partial charge in [-0.1, -0.05) is 41.8 Å². The van der Waals surface area contributed by atoms with Crippen molar-refractivity contribution >= 4 is 34.9 Å². The van der Waals surface area contributed by atoms with Crippen LogP contribution in [0.25, 0.3) is 0 Å². The van der Waals surface area contributed by atoms with Crippen LogP contribution in [0, 0.1) is 0 Å². The molecule has 1 heterocycles. The Morgan fingerprint density at radius 1 is 1.41 bits per heavy atom. The molecule has 0 spiro atoms. The van der Waals surface area contributed by atoms with E-state index in [1.807, 2.05) is 13.2 Å². The van der Waals surface area contributed by atoms with E-state index >= 15 is 0 Å². The van der Waals surface area contributed by atoms with Crippen molar-refractivity contribution in [2.45, 2.75) is 40.4 Å². The van der Waals surface area contributed by atoms with E-state index in [1.165, 1.54) is 0 Å².